The van der Waals surface area contributed by atoms with Crippen molar-refractivity contribution in [3.63, 3.8) is 0 Å². The van der Waals surface area contributed by atoms with Gasteiger partial charge in [-0.2, -0.15) is 0 Å². The first-order valence-corrected chi connectivity index (χ1v) is 9.83. The first kappa shape index (κ1) is 18.2. The van der Waals surface area contributed by atoms with E-state index in [1.807, 2.05) is 79.7 Å². The van der Waals surface area contributed by atoms with Gasteiger partial charge in [0.05, 0.1) is 23.9 Å². The fourth-order valence-electron chi connectivity index (χ4n) is 3.06. The molecule has 0 spiro atoms. The van der Waals surface area contributed by atoms with Crippen molar-refractivity contribution >= 4 is 32.6 Å². The van der Waals surface area contributed by atoms with Crippen LogP contribution in [-0.2, 0) is 6.54 Å². The number of hydrogen-bond acceptors (Lipinski definition) is 4. The number of amides is 1. The van der Waals surface area contributed by atoms with Crippen LogP contribution in [0.5, 0.6) is 5.75 Å². The van der Waals surface area contributed by atoms with Crippen LogP contribution in [0.3, 0.4) is 0 Å². The van der Waals surface area contributed by atoms with E-state index in [0.29, 0.717) is 17.2 Å². The summed E-state index contributed by atoms with van der Waals surface area (Å²) in [6.45, 7) is 2.45. The zero-order valence-electron chi connectivity index (χ0n) is 15.8. The molecule has 0 saturated carbocycles. The Labute approximate surface area is 168 Å². The number of nitrogens with zero attached hydrogens (tertiary/aromatic N) is 2. The molecule has 0 bridgehead atoms. The summed E-state index contributed by atoms with van der Waals surface area (Å²) >= 11 is 1.50. The van der Waals surface area contributed by atoms with Gasteiger partial charge in [-0.25, -0.2) is 4.98 Å². The van der Waals surface area contributed by atoms with Crippen LogP contribution in [0.4, 0.5) is 5.13 Å². The summed E-state index contributed by atoms with van der Waals surface area (Å²) in [5.41, 5.74) is 3.63. The molecule has 4 aromatic rings. The average Bonchev–Trinajstić information content (AvgIpc) is 3.15. The molecule has 0 radical (unpaired) electrons. The van der Waals surface area contributed by atoms with Crippen molar-refractivity contribution in [3.05, 3.63) is 89.5 Å². The van der Waals surface area contributed by atoms with Crippen LogP contribution in [0.15, 0.2) is 72.8 Å². The Morgan fingerprint density at radius 1 is 1.04 bits per heavy atom. The van der Waals surface area contributed by atoms with E-state index in [4.69, 9.17) is 9.72 Å². The summed E-state index contributed by atoms with van der Waals surface area (Å²) in [4.78, 5) is 19.8. The van der Waals surface area contributed by atoms with Crippen LogP contribution < -0.4 is 9.64 Å². The number of methoxy groups -OCH3 is 1. The van der Waals surface area contributed by atoms with Gasteiger partial charge in [-0.1, -0.05) is 59.4 Å². The third-order valence-electron chi connectivity index (χ3n) is 4.51. The summed E-state index contributed by atoms with van der Waals surface area (Å²) in [6, 6.07) is 23.4. The minimum absolute atomic E-state index is 0.0569. The maximum atomic E-state index is 13.4. The number of rotatable bonds is 5. The summed E-state index contributed by atoms with van der Waals surface area (Å²) in [7, 11) is 1.64. The van der Waals surface area contributed by atoms with Crippen LogP contribution >= 0.6 is 11.3 Å². The van der Waals surface area contributed by atoms with Gasteiger partial charge in [0.15, 0.2) is 5.13 Å². The largest absolute Gasteiger partial charge is 0.497 e. The van der Waals surface area contributed by atoms with Crippen molar-refractivity contribution in [3.8, 4) is 5.75 Å². The Hall–Kier alpha value is -3.18. The lowest BCUT2D eigenvalue weighted by atomic mass is 10.1. The molecule has 0 aliphatic rings. The molecule has 0 unspecified atom stereocenters. The van der Waals surface area contributed by atoms with Crippen LogP contribution in [-0.4, -0.2) is 18.0 Å². The zero-order valence-corrected chi connectivity index (χ0v) is 16.6. The third kappa shape index (κ3) is 3.75. The molecule has 140 valence electrons. The summed E-state index contributed by atoms with van der Waals surface area (Å²) in [6.07, 6.45) is 0. The molecule has 0 atom stereocenters. The Bertz CT molecular complexity index is 1120. The van der Waals surface area contributed by atoms with Gasteiger partial charge in [-0.3, -0.25) is 9.69 Å². The molecule has 0 aliphatic carbocycles. The van der Waals surface area contributed by atoms with Crippen molar-refractivity contribution in [2.75, 3.05) is 12.0 Å². The molecule has 0 saturated heterocycles. The first-order valence-electron chi connectivity index (χ1n) is 9.01. The van der Waals surface area contributed by atoms with Gasteiger partial charge in [0.25, 0.3) is 5.91 Å². The van der Waals surface area contributed by atoms with Gasteiger partial charge in [0, 0.05) is 5.56 Å². The minimum atomic E-state index is -0.0569. The average molecular weight is 388 g/mol. The predicted octanol–water partition coefficient (Wildman–Crippen LogP) is 5.46. The highest BCUT2D eigenvalue weighted by Gasteiger charge is 2.22. The lowest BCUT2D eigenvalue weighted by molar-refractivity contribution is 0.0985. The molecule has 1 heterocycles. The number of aryl methyl sites for hydroxylation is 1. The van der Waals surface area contributed by atoms with Gasteiger partial charge in [-0.05, 0) is 42.8 Å². The standard InChI is InChI=1S/C23H20N2O2S/c1-16-7-6-10-18(13-16)22(26)25(15-17-8-4-3-5-9-17)23-24-20-12-11-19(27-2)14-21(20)28-23/h3-14H,15H2,1-2H3. The van der Waals surface area contributed by atoms with Gasteiger partial charge in [0.1, 0.15) is 5.75 Å². The molecular formula is C23H20N2O2S. The Morgan fingerprint density at radius 2 is 1.86 bits per heavy atom. The Balaban J connectivity index is 1.77. The van der Waals surface area contributed by atoms with E-state index in [-0.39, 0.29) is 5.91 Å². The lowest BCUT2D eigenvalue weighted by Crippen LogP contribution is -2.30. The summed E-state index contributed by atoms with van der Waals surface area (Å²) < 4.78 is 6.31. The van der Waals surface area contributed by atoms with Crippen LogP contribution in [0.1, 0.15) is 21.5 Å². The Kier molecular flexibility index (Phi) is 5.08. The van der Waals surface area contributed by atoms with Crippen molar-refractivity contribution < 1.29 is 9.53 Å². The normalized spacial score (nSPS) is 10.8. The van der Waals surface area contributed by atoms with E-state index in [9.17, 15) is 4.79 Å². The predicted molar refractivity (Wildman–Crippen MR) is 114 cm³/mol. The number of thiazole rings is 1. The second kappa shape index (κ2) is 7.82. The van der Waals surface area contributed by atoms with Crippen LogP contribution in [0.2, 0.25) is 0 Å². The highest BCUT2D eigenvalue weighted by Crippen LogP contribution is 2.33. The van der Waals surface area contributed by atoms with E-state index in [1.54, 1.807) is 12.0 Å². The molecule has 5 heteroatoms. The monoisotopic (exact) mass is 388 g/mol. The number of carbonyl (C=O) groups excluding carboxylic acids is 1. The smallest absolute Gasteiger partial charge is 0.260 e. The topological polar surface area (TPSA) is 42.4 Å². The highest BCUT2D eigenvalue weighted by molar-refractivity contribution is 7.22. The molecule has 1 aromatic heterocycles. The molecular weight excluding hydrogens is 368 g/mol. The number of benzene rings is 3. The van der Waals surface area contributed by atoms with Crippen LogP contribution in [0.25, 0.3) is 10.2 Å². The summed E-state index contributed by atoms with van der Waals surface area (Å²) in [5.74, 6) is 0.723. The number of anilines is 1. The molecule has 28 heavy (non-hydrogen) atoms. The molecule has 0 aliphatic heterocycles. The number of ether oxygens (including phenoxy) is 1. The fourth-order valence-corrected chi connectivity index (χ4v) is 4.05. The molecule has 0 fully saturated rings. The fraction of sp³-hybridized carbons (Fsp3) is 0.130. The second-order valence-electron chi connectivity index (χ2n) is 6.58. The van der Waals surface area contributed by atoms with Crippen molar-refractivity contribution in [1.29, 1.82) is 0 Å². The number of aromatic nitrogens is 1. The number of carbonyl (C=O) groups is 1. The third-order valence-corrected chi connectivity index (χ3v) is 5.55. The molecule has 0 N–H and O–H groups in total. The highest BCUT2D eigenvalue weighted by atomic mass is 32.1. The Morgan fingerprint density at radius 3 is 2.61 bits per heavy atom. The minimum Gasteiger partial charge on any atom is -0.497 e. The van der Waals surface area contributed by atoms with Crippen molar-refractivity contribution in [1.82, 2.24) is 4.98 Å². The van der Waals surface area contributed by atoms with Gasteiger partial charge >= 0.3 is 0 Å². The van der Waals surface area contributed by atoms with E-state index < -0.39 is 0 Å². The molecule has 4 nitrogen and oxygen atoms in total. The molecule has 3 aromatic carbocycles. The van der Waals surface area contributed by atoms with Crippen molar-refractivity contribution in [2.45, 2.75) is 13.5 Å². The van der Waals surface area contributed by atoms with E-state index in [2.05, 4.69) is 0 Å². The SMILES string of the molecule is COc1ccc2nc(N(Cc3ccccc3)C(=O)c3cccc(C)c3)sc2c1. The lowest BCUT2D eigenvalue weighted by Gasteiger charge is -2.20. The van der Waals surface area contributed by atoms with Crippen LogP contribution in [0, 0.1) is 6.92 Å². The van der Waals surface area contributed by atoms with Crippen molar-refractivity contribution in [2.24, 2.45) is 0 Å². The number of fused-ring (bicyclic) bond motifs is 1. The molecule has 1 amide bonds. The quantitative estimate of drug-likeness (QED) is 0.456. The molecule has 4 rings (SSSR count). The van der Waals surface area contributed by atoms with E-state index in [1.165, 1.54) is 11.3 Å². The van der Waals surface area contributed by atoms with E-state index >= 15 is 0 Å². The summed E-state index contributed by atoms with van der Waals surface area (Å²) in [5, 5.41) is 0.679. The first-order chi connectivity index (χ1) is 13.6. The van der Waals surface area contributed by atoms with E-state index in [0.717, 1.165) is 27.1 Å². The maximum absolute atomic E-state index is 13.4. The van der Waals surface area contributed by atoms with Gasteiger partial charge in [-0.15, -0.1) is 0 Å². The van der Waals surface area contributed by atoms with Gasteiger partial charge in [0.2, 0.25) is 0 Å². The maximum Gasteiger partial charge on any atom is 0.260 e. The zero-order chi connectivity index (χ0) is 19.5. The van der Waals surface area contributed by atoms with Gasteiger partial charge < -0.3 is 4.74 Å². The number of hydrogen-bond donors (Lipinski definition) is 0. The second-order valence-corrected chi connectivity index (χ2v) is 7.59.